The number of fused-ring (bicyclic) bond motifs is 3. The summed E-state index contributed by atoms with van der Waals surface area (Å²) < 4.78 is 0. The Morgan fingerprint density at radius 1 is 1.33 bits per heavy atom. The minimum atomic E-state index is 0.697. The highest BCUT2D eigenvalue weighted by Gasteiger charge is 2.26. The van der Waals surface area contributed by atoms with Gasteiger partial charge in [-0.1, -0.05) is 12.8 Å². The van der Waals surface area contributed by atoms with E-state index < -0.39 is 0 Å². The van der Waals surface area contributed by atoms with Gasteiger partial charge in [-0.3, -0.25) is 4.98 Å². The molecular formula is C12H17N3. The Hall–Kier alpha value is -1.25. The second-order valence-electron chi connectivity index (χ2n) is 4.47. The van der Waals surface area contributed by atoms with Crippen molar-refractivity contribution in [3.05, 3.63) is 18.5 Å². The van der Waals surface area contributed by atoms with E-state index in [1.54, 1.807) is 0 Å². The van der Waals surface area contributed by atoms with Crippen LogP contribution in [0.2, 0.25) is 0 Å². The first-order valence-corrected chi connectivity index (χ1v) is 5.90. The van der Waals surface area contributed by atoms with Gasteiger partial charge < -0.3 is 10.2 Å². The van der Waals surface area contributed by atoms with E-state index in [1.165, 1.54) is 43.6 Å². The summed E-state index contributed by atoms with van der Waals surface area (Å²) >= 11 is 0. The molecular weight excluding hydrogens is 186 g/mol. The smallest absolute Gasteiger partial charge is 0.0765 e. The van der Waals surface area contributed by atoms with Gasteiger partial charge in [0.15, 0.2) is 0 Å². The fraction of sp³-hybridized carbons (Fsp3) is 0.583. The van der Waals surface area contributed by atoms with Crippen LogP contribution in [0, 0.1) is 0 Å². The van der Waals surface area contributed by atoms with Gasteiger partial charge in [-0.15, -0.1) is 0 Å². The van der Waals surface area contributed by atoms with Crippen LogP contribution in [0.1, 0.15) is 25.7 Å². The quantitative estimate of drug-likeness (QED) is 0.701. The minimum absolute atomic E-state index is 0.697. The molecule has 0 radical (unpaired) electrons. The van der Waals surface area contributed by atoms with Crippen molar-refractivity contribution in [2.24, 2.45) is 0 Å². The second kappa shape index (κ2) is 3.72. The lowest BCUT2D eigenvalue weighted by Gasteiger charge is -2.38. The van der Waals surface area contributed by atoms with Crippen LogP contribution in [-0.4, -0.2) is 24.1 Å². The Morgan fingerprint density at radius 3 is 3.33 bits per heavy atom. The predicted molar refractivity (Wildman–Crippen MR) is 62.3 cm³/mol. The third-order valence-corrected chi connectivity index (χ3v) is 3.51. The minimum Gasteiger partial charge on any atom is -0.380 e. The van der Waals surface area contributed by atoms with Gasteiger partial charge in [-0.2, -0.15) is 0 Å². The highest BCUT2D eigenvalue weighted by Crippen LogP contribution is 2.33. The summed E-state index contributed by atoms with van der Waals surface area (Å²) in [5.74, 6) is 0. The highest BCUT2D eigenvalue weighted by molar-refractivity contribution is 5.71. The molecule has 1 aromatic heterocycles. The molecule has 0 spiro atoms. The Balaban J connectivity index is 1.96. The summed E-state index contributed by atoms with van der Waals surface area (Å²) in [6, 6.07) is 2.84. The molecule has 1 unspecified atom stereocenters. The molecule has 3 heterocycles. The van der Waals surface area contributed by atoms with E-state index in [4.69, 9.17) is 0 Å². The molecule has 1 saturated heterocycles. The van der Waals surface area contributed by atoms with Crippen molar-refractivity contribution in [3.63, 3.8) is 0 Å². The van der Waals surface area contributed by atoms with Crippen LogP contribution in [-0.2, 0) is 0 Å². The van der Waals surface area contributed by atoms with Crippen LogP contribution in [0.5, 0.6) is 0 Å². The Bertz CT molecular complexity index is 350. The zero-order chi connectivity index (χ0) is 10.1. The molecule has 0 aromatic carbocycles. The summed E-state index contributed by atoms with van der Waals surface area (Å²) in [6.07, 6.45) is 9.26. The molecule has 0 amide bonds. The third-order valence-electron chi connectivity index (χ3n) is 3.51. The van der Waals surface area contributed by atoms with E-state index in [-0.39, 0.29) is 0 Å². The average Bonchev–Trinajstić information content (AvgIpc) is 2.54. The molecule has 2 aliphatic rings. The largest absolute Gasteiger partial charge is 0.380 e. The first kappa shape index (κ1) is 9.01. The number of hydrogen-bond acceptors (Lipinski definition) is 3. The average molecular weight is 203 g/mol. The summed E-state index contributed by atoms with van der Waals surface area (Å²) in [7, 11) is 0. The van der Waals surface area contributed by atoms with Crippen LogP contribution in [0.15, 0.2) is 18.5 Å². The number of pyridine rings is 1. The van der Waals surface area contributed by atoms with Gasteiger partial charge in [0.05, 0.1) is 17.6 Å². The zero-order valence-electron chi connectivity index (χ0n) is 8.95. The summed E-state index contributed by atoms with van der Waals surface area (Å²) in [6.45, 7) is 2.29. The van der Waals surface area contributed by atoms with Crippen LogP contribution < -0.4 is 10.2 Å². The molecule has 3 nitrogen and oxygen atoms in total. The maximum atomic E-state index is 4.17. The van der Waals surface area contributed by atoms with Crippen LogP contribution in [0.25, 0.3) is 0 Å². The highest BCUT2D eigenvalue weighted by atomic mass is 15.2. The lowest BCUT2D eigenvalue weighted by molar-refractivity contribution is 0.583. The van der Waals surface area contributed by atoms with E-state index in [1.807, 2.05) is 12.4 Å². The van der Waals surface area contributed by atoms with Crippen LogP contribution >= 0.6 is 0 Å². The number of anilines is 2. The van der Waals surface area contributed by atoms with Crippen molar-refractivity contribution in [3.8, 4) is 0 Å². The number of aromatic nitrogens is 1. The maximum absolute atomic E-state index is 4.17. The second-order valence-corrected chi connectivity index (χ2v) is 4.47. The molecule has 3 rings (SSSR count). The molecule has 1 N–H and O–H groups in total. The monoisotopic (exact) mass is 203 g/mol. The van der Waals surface area contributed by atoms with Gasteiger partial charge in [0.2, 0.25) is 0 Å². The SMILES string of the molecule is c1cc2c(cn1)NCC1CCCCCN21. The lowest BCUT2D eigenvalue weighted by Crippen LogP contribution is -2.43. The van der Waals surface area contributed by atoms with Crippen LogP contribution in [0.3, 0.4) is 0 Å². The number of nitrogens with one attached hydrogen (secondary N) is 1. The van der Waals surface area contributed by atoms with Gasteiger partial charge in [-0.05, 0) is 18.9 Å². The maximum Gasteiger partial charge on any atom is 0.0765 e. The van der Waals surface area contributed by atoms with Crippen molar-refractivity contribution in [2.45, 2.75) is 31.7 Å². The van der Waals surface area contributed by atoms with E-state index >= 15 is 0 Å². The normalized spacial score (nSPS) is 24.8. The molecule has 80 valence electrons. The van der Waals surface area contributed by atoms with Crippen molar-refractivity contribution in [1.82, 2.24) is 4.98 Å². The number of rotatable bonds is 0. The van der Waals surface area contributed by atoms with Crippen molar-refractivity contribution in [1.29, 1.82) is 0 Å². The van der Waals surface area contributed by atoms with Gasteiger partial charge in [0.25, 0.3) is 0 Å². The predicted octanol–water partition coefficient (Wildman–Crippen LogP) is 2.26. The van der Waals surface area contributed by atoms with Crippen molar-refractivity contribution >= 4 is 11.4 Å². The number of hydrogen-bond donors (Lipinski definition) is 1. The molecule has 0 bridgehead atoms. The zero-order valence-corrected chi connectivity index (χ0v) is 8.95. The Morgan fingerprint density at radius 2 is 2.33 bits per heavy atom. The standard InChI is InChI=1S/C12H17N3/c1-2-4-10-8-14-11-9-13-6-5-12(11)15(10)7-3-1/h5-6,9-10,14H,1-4,7-8H2. The van der Waals surface area contributed by atoms with Gasteiger partial charge in [-0.25, -0.2) is 0 Å². The molecule has 1 aromatic rings. The van der Waals surface area contributed by atoms with Gasteiger partial charge >= 0.3 is 0 Å². The summed E-state index contributed by atoms with van der Waals surface area (Å²) in [5, 5.41) is 3.49. The topological polar surface area (TPSA) is 28.2 Å². The molecule has 3 heteroatoms. The fourth-order valence-electron chi connectivity index (χ4n) is 2.71. The Labute approximate surface area is 90.5 Å². The lowest BCUT2D eigenvalue weighted by atomic mass is 10.1. The summed E-state index contributed by atoms with van der Waals surface area (Å²) in [4.78, 5) is 6.74. The van der Waals surface area contributed by atoms with Crippen molar-refractivity contribution in [2.75, 3.05) is 23.3 Å². The summed E-state index contributed by atoms with van der Waals surface area (Å²) in [5.41, 5.74) is 2.55. The van der Waals surface area contributed by atoms with E-state index in [9.17, 15) is 0 Å². The molecule has 15 heavy (non-hydrogen) atoms. The van der Waals surface area contributed by atoms with Crippen molar-refractivity contribution < 1.29 is 0 Å². The van der Waals surface area contributed by atoms with Gasteiger partial charge in [0, 0.05) is 25.3 Å². The molecule has 2 aliphatic heterocycles. The molecule has 0 saturated carbocycles. The molecule has 1 atom stereocenters. The fourth-order valence-corrected chi connectivity index (χ4v) is 2.71. The molecule has 1 fully saturated rings. The molecule has 0 aliphatic carbocycles. The first-order chi connectivity index (χ1) is 7.45. The number of nitrogens with zero attached hydrogens (tertiary/aromatic N) is 2. The van der Waals surface area contributed by atoms with E-state index in [0.717, 1.165) is 6.54 Å². The first-order valence-electron chi connectivity index (χ1n) is 5.90. The van der Waals surface area contributed by atoms with E-state index in [2.05, 4.69) is 21.3 Å². The van der Waals surface area contributed by atoms with Crippen LogP contribution in [0.4, 0.5) is 11.4 Å². The Kier molecular flexibility index (Phi) is 2.24. The van der Waals surface area contributed by atoms with Gasteiger partial charge in [0.1, 0.15) is 0 Å². The third kappa shape index (κ3) is 1.56. The van der Waals surface area contributed by atoms with E-state index in [0.29, 0.717) is 6.04 Å².